The maximum atomic E-state index is 6.15. The maximum Gasteiger partial charge on any atom is 0.118 e. The standard InChI is InChI=1S/C15H17ClN2O/c1-10(11-6-8-12(19-2)9-7-11)18-15-13(16)4-3-5-14(15)17/h3-10,18H,17H2,1-2H3. The maximum absolute atomic E-state index is 6.15. The van der Waals surface area contributed by atoms with Gasteiger partial charge in [0, 0.05) is 6.04 Å². The molecule has 0 saturated heterocycles. The lowest BCUT2D eigenvalue weighted by atomic mass is 10.1. The summed E-state index contributed by atoms with van der Waals surface area (Å²) in [6, 6.07) is 13.5. The number of ether oxygens (including phenoxy) is 1. The van der Waals surface area contributed by atoms with Gasteiger partial charge in [0.1, 0.15) is 5.75 Å². The number of hydrogen-bond donors (Lipinski definition) is 2. The smallest absolute Gasteiger partial charge is 0.118 e. The van der Waals surface area contributed by atoms with E-state index < -0.39 is 0 Å². The van der Waals surface area contributed by atoms with Gasteiger partial charge < -0.3 is 15.8 Å². The number of nitrogen functional groups attached to an aromatic ring is 1. The Morgan fingerprint density at radius 1 is 1.16 bits per heavy atom. The van der Waals surface area contributed by atoms with Crippen molar-refractivity contribution in [3.8, 4) is 5.75 Å². The highest BCUT2D eigenvalue weighted by Gasteiger charge is 2.10. The quantitative estimate of drug-likeness (QED) is 0.827. The molecule has 0 fully saturated rings. The molecule has 100 valence electrons. The Balaban J connectivity index is 2.18. The average Bonchev–Trinajstić information content (AvgIpc) is 2.43. The van der Waals surface area contributed by atoms with E-state index in [1.165, 1.54) is 0 Å². The van der Waals surface area contributed by atoms with E-state index in [-0.39, 0.29) is 6.04 Å². The number of para-hydroxylation sites is 1. The van der Waals surface area contributed by atoms with E-state index in [1.807, 2.05) is 42.5 Å². The van der Waals surface area contributed by atoms with Crippen LogP contribution in [0.15, 0.2) is 42.5 Å². The molecule has 1 atom stereocenters. The normalized spacial score (nSPS) is 11.9. The second-order valence-corrected chi connectivity index (χ2v) is 4.75. The lowest BCUT2D eigenvalue weighted by Crippen LogP contribution is -2.08. The summed E-state index contributed by atoms with van der Waals surface area (Å²) >= 11 is 6.15. The Hall–Kier alpha value is -1.87. The van der Waals surface area contributed by atoms with Gasteiger partial charge in [-0.25, -0.2) is 0 Å². The van der Waals surface area contributed by atoms with Crippen molar-refractivity contribution in [2.45, 2.75) is 13.0 Å². The fraction of sp³-hybridized carbons (Fsp3) is 0.200. The topological polar surface area (TPSA) is 47.3 Å². The predicted octanol–water partition coefficient (Wildman–Crippen LogP) is 4.10. The summed E-state index contributed by atoms with van der Waals surface area (Å²) in [4.78, 5) is 0. The summed E-state index contributed by atoms with van der Waals surface area (Å²) in [7, 11) is 1.65. The zero-order chi connectivity index (χ0) is 13.8. The van der Waals surface area contributed by atoms with E-state index in [9.17, 15) is 0 Å². The van der Waals surface area contributed by atoms with E-state index in [0.29, 0.717) is 10.7 Å². The fourth-order valence-corrected chi connectivity index (χ4v) is 2.12. The molecule has 0 heterocycles. The molecule has 2 aromatic carbocycles. The molecule has 19 heavy (non-hydrogen) atoms. The second-order valence-electron chi connectivity index (χ2n) is 4.34. The largest absolute Gasteiger partial charge is 0.497 e. The first-order chi connectivity index (χ1) is 9.11. The lowest BCUT2D eigenvalue weighted by Gasteiger charge is -2.18. The molecule has 2 aromatic rings. The van der Waals surface area contributed by atoms with Crippen molar-refractivity contribution in [3.05, 3.63) is 53.1 Å². The number of nitrogens with two attached hydrogens (primary N) is 1. The third-order valence-corrected chi connectivity index (χ3v) is 3.34. The van der Waals surface area contributed by atoms with Crippen molar-refractivity contribution in [2.24, 2.45) is 0 Å². The van der Waals surface area contributed by atoms with Crippen LogP contribution in [0.1, 0.15) is 18.5 Å². The molecule has 2 rings (SSSR count). The summed E-state index contributed by atoms with van der Waals surface area (Å²) in [5.41, 5.74) is 8.48. The zero-order valence-corrected chi connectivity index (χ0v) is 11.7. The van der Waals surface area contributed by atoms with Crippen molar-refractivity contribution in [1.82, 2.24) is 0 Å². The number of nitrogens with one attached hydrogen (secondary N) is 1. The summed E-state index contributed by atoms with van der Waals surface area (Å²) in [5, 5.41) is 3.96. The third-order valence-electron chi connectivity index (χ3n) is 3.02. The number of hydrogen-bond acceptors (Lipinski definition) is 3. The Kier molecular flexibility index (Phi) is 4.17. The third kappa shape index (κ3) is 3.12. The predicted molar refractivity (Wildman–Crippen MR) is 80.9 cm³/mol. The number of rotatable bonds is 4. The minimum absolute atomic E-state index is 0.105. The highest BCUT2D eigenvalue weighted by molar-refractivity contribution is 6.33. The van der Waals surface area contributed by atoms with Crippen molar-refractivity contribution in [1.29, 1.82) is 0 Å². The van der Waals surface area contributed by atoms with E-state index in [4.69, 9.17) is 22.1 Å². The summed E-state index contributed by atoms with van der Waals surface area (Å²) in [6.07, 6.45) is 0. The molecule has 0 bridgehead atoms. The molecule has 0 aliphatic heterocycles. The van der Waals surface area contributed by atoms with Gasteiger partial charge in [0.15, 0.2) is 0 Å². The molecule has 0 saturated carbocycles. The Morgan fingerprint density at radius 2 is 1.84 bits per heavy atom. The first-order valence-corrected chi connectivity index (χ1v) is 6.44. The van der Waals surface area contributed by atoms with Crippen molar-refractivity contribution in [3.63, 3.8) is 0 Å². The van der Waals surface area contributed by atoms with E-state index in [2.05, 4.69) is 12.2 Å². The molecule has 1 unspecified atom stereocenters. The minimum atomic E-state index is 0.105. The Morgan fingerprint density at radius 3 is 2.42 bits per heavy atom. The van der Waals surface area contributed by atoms with Crippen molar-refractivity contribution >= 4 is 23.0 Å². The first kappa shape index (κ1) is 13.6. The summed E-state index contributed by atoms with van der Waals surface area (Å²) < 4.78 is 5.14. The molecule has 0 spiro atoms. The lowest BCUT2D eigenvalue weighted by molar-refractivity contribution is 0.414. The van der Waals surface area contributed by atoms with E-state index >= 15 is 0 Å². The molecule has 3 nitrogen and oxygen atoms in total. The van der Waals surface area contributed by atoms with Gasteiger partial charge in [-0.15, -0.1) is 0 Å². The number of anilines is 2. The number of halogens is 1. The monoisotopic (exact) mass is 276 g/mol. The SMILES string of the molecule is COc1ccc(C(C)Nc2c(N)cccc2Cl)cc1. The van der Waals surface area contributed by atoms with Gasteiger partial charge in [-0.2, -0.15) is 0 Å². The number of benzene rings is 2. The Bertz CT molecular complexity index is 534. The molecular weight excluding hydrogens is 260 g/mol. The van der Waals surface area contributed by atoms with Crippen LogP contribution < -0.4 is 15.8 Å². The molecule has 0 aliphatic rings. The van der Waals surface area contributed by atoms with Crippen LogP contribution >= 0.6 is 11.6 Å². The molecule has 0 radical (unpaired) electrons. The highest BCUT2D eigenvalue weighted by atomic mass is 35.5. The summed E-state index contributed by atoms with van der Waals surface area (Å²) in [6.45, 7) is 2.06. The van der Waals surface area contributed by atoms with Crippen LogP contribution in [0, 0.1) is 0 Å². The van der Waals surface area contributed by atoms with Crippen LogP contribution in [0.25, 0.3) is 0 Å². The average molecular weight is 277 g/mol. The molecule has 0 aliphatic carbocycles. The zero-order valence-electron chi connectivity index (χ0n) is 11.0. The fourth-order valence-electron chi connectivity index (χ4n) is 1.89. The highest BCUT2D eigenvalue weighted by Crippen LogP contribution is 2.31. The van der Waals surface area contributed by atoms with Gasteiger partial charge in [-0.05, 0) is 36.8 Å². The van der Waals surface area contributed by atoms with Gasteiger partial charge >= 0.3 is 0 Å². The Labute approximate surface area is 118 Å². The van der Waals surface area contributed by atoms with Gasteiger partial charge in [0.05, 0.1) is 23.5 Å². The molecular formula is C15H17ClN2O. The van der Waals surface area contributed by atoms with Crippen LogP contribution in [0.3, 0.4) is 0 Å². The molecule has 0 aromatic heterocycles. The van der Waals surface area contributed by atoms with Crippen LogP contribution in [-0.2, 0) is 0 Å². The van der Waals surface area contributed by atoms with Crippen LogP contribution in [0.4, 0.5) is 11.4 Å². The van der Waals surface area contributed by atoms with E-state index in [1.54, 1.807) is 7.11 Å². The van der Waals surface area contributed by atoms with Crippen LogP contribution in [0.5, 0.6) is 5.75 Å². The van der Waals surface area contributed by atoms with Crippen molar-refractivity contribution < 1.29 is 4.74 Å². The van der Waals surface area contributed by atoms with Crippen LogP contribution in [-0.4, -0.2) is 7.11 Å². The minimum Gasteiger partial charge on any atom is -0.497 e. The van der Waals surface area contributed by atoms with Gasteiger partial charge in [0.25, 0.3) is 0 Å². The molecule has 4 heteroatoms. The molecule has 3 N–H and O–H groups in total. The van der Waals surface area contributed by atoms with Crippen molar-refractivity contribution in [2.75, 3.05) is 18.2 Å². The number of methoxy groups -OCH3 is 1. The summed E-state index contributed by atoms with van der Waals surface area (Å²) in [5.74, 6) is 0.841. The van der Waals surface area contributed by atoms with Gasteiger partial charge in [-0.3, -0.25) is 0 Å². The van der Waals surface area contributed by atoms with Crippen LogP contribution in [0.2, 0.25) is 5.02 Å². The van der Waals surface area contributed by atoms with E-state index in [0.717, 1.165) is 17.0 Å². The first-order valence-electron chi connectivity index (χ1n) is 6.06. The van der Waals surface area contributed by atoms with Gasteiger partial charge in [0.2, 0.25) is 0 Å². The molecule has 0 amide bonds. The second kappa shape index (κ2) is 5.85. The van der Waals surface area contributed by atoms with Gasteiger partial charge in [-0.1, -0.05) is 29.8 Å².